The predicted molar refractivity (Wildman–Crippen MR) is 62.0 cm³/mol. The number of aromatic hydroxyl groups is 2. The zero-order chi connectivity index (χ0) is 14.6. The molecule has 0 unspecified atom stereocenters. The van der Waals surface area contributed by atoms with E-state index in [9.17, 15) is 25.1 Å². The molecule has 0 bridgehead atoms. The molecule has 0 spiro atoms. The van der Waals surface area contributed by atoms with Gasteiger partial charge >= 0.3 is 11.7 Å². The molecule has 2 N–H and O–H groups in total. The van der Waals surface area contributed by atoms with E-state index in [2.05, 4.69) is 4.74 Å². The Bertz CT molecular complexity index is 614. The summed E-state index contributed by atoms with van der Waals surface area (Å²) in [6.45, 7) is 0. The van der Waals surface area contributed by atoms with E-state index in [0.29, 0.717) is 0 Å². The summed E-state index contributed by atoms with van der Waals surface area (Å²) >= 11 is 0. The van der Waals surface area contributed by atoms with Crippen LogP contribution in [0.4, 0.5) is 5.69 Å². The molecular formula is C11H8N2O6. The van der Waals surface area contributed by atoms with Gasteiger partial charge in [-0.1, -0.05) is 0 Å². The molecule has 8 heteroatoms. The van der Waals surface area contributed by atoms with Crippen LogP contribution in [0, 0.1) is 21.4 Å². The number of hydrogen-bond donors (Lipinski definition) is 2. The maximum Gasteiger partial charge on any atom is 0.348 e. The first-order chi connectivity index (χ1) is 8.90. The number of hydrogen-bond acceptors (Lipinski definition) is 7. The smallest absolute Gasteiger partial charge is 0.348 e. The van der Waals surface area contributed by atoms with Crippen LogP contribution < -0.4 is 0 Å². The number of carbonyl (C=O) groups excluding carboxylic acids is 1. The fraction of sp³-hybridized carbons (Fsp3) is 0.0909. The highest BCUT2D eigenvalue weighted by atomic mass is 16.6. The van der Waals surface area contributed by atoms with Gasteiger partial charge in [-0.25, -0.2) is 4.79 Å². The van der Waals surface area contributed by atoms with Gasteiger partial charge in [0, 0.05) is 6.07 Å². The van der Waals surface area contributed by atoms with Gasteiger partial charge in [0.05, 0.1) is 12.0 Å². The molecule has 0 saturated carbocycles. The molecule has 0 heterocycles. The molecule has 0 aromatic heterocycles. The Morgan fingerprint density at radius 1 is 1.53 bits per heavy atom. The molecule has 19 heavy (non-hydrogen) atoms. The van der Waals surface area contributed by atoms with Crippen molar-refractivity contribution in [2.45, 2.75) is 0 Å². The van der Waals surface area contributed by atoms with Crippen LogP contribution in [0.15, 0.2) is 17.7 Å². The van der Waals surface area contributed by atoms with Crippen molar-refractivity contribution in [3.05, 3.63) is 33.4 Å². The normalized spacial score (nSPS) is 10.6. The molecular weight excluding hydrogens is 256 g/mol. The number of methoxy groups -OCH3 is 1. The minimum atomic E-state index is -0.919. The molecule has 0 radical (unpaired) electrons. The van der Waals surface area contributed by atoms with Crippen LogP contribution in [0.2, 0.25) is 0 Å². The summed E-state index contributed by atoms with van der Waals surface area (Å²) in [5.41, 5.74) is -1.14. The van der Waals surface area contributed by atoms with E-state index < -0.39 is 33.7 Å². The fourth-order valence-electron chi connectivity index (χ4n) is 1.26. The summed E-state index contributed by atoms with van der Waals surface area (Å²) < 4.78 is 4.33. The second-order valence-corrected chi connectivity index (χ2v) is 3.33. The highest BCUT2D eigenvalue weighted by Crippen LogP contribution is 2.36. The third kappa shape index (κ3) is 2.98. The number of phenols is 2. The molecule has 0 aliphatic heterocycles. The van der Waals surface area contributed by atoms with Gasteiger partial charge in [-0.2, -0.15) is 5.26 Å². The first-order valence-corrected chi connectivity index (χ1v) is 4.81. The molecule has 0 fully saturated rings. The molecule has 1 rings (SSSR count). The summed E-state index contributed by atoms with van der Waals surface area (Å²) in [5.74, 6) is -2.54. The molecule has 0 aliphatic carbocycles. The van der Waals surface area contributed by atoms with Crippen molar-refractivity contribution in [2.24, 2.45) is 0 Å². The summed E-state index contributed by atoms with van der Waals surface area (Å²) in [5, 5.41) is 38.0. The van der Waals surface area contributed by atoms with E-state index >= 15 is 0 Å². The van der Waals surface area contributed by atoms with Crippen LogP contribution in [0.25, 0.3) is 6.08 Å². The topological polar surface area (TPSA) is 134 Å². The Morgan fingerprint density at radius 3 is 2.63 bits per heavy atom. The van der Waals surface area contributed by atoms with Gasteiger partial charge in [-0.15, -0.1) is 0 Å². The van der Waals surface area contributed by atoms with E-state index in [4.69, 9.17) is 5.26 Å². The lowest BCUT2D eigenvalue weighted by atomic mass is 10.1. The number of nitrogens with zero attached hydrogens (tertiary/aromatic N) is 2. The minimum Gasteiger partial charge on any atom is -0.504 e. The molecule has 0 atom stereocenters. The van der Waals surface area contributed by atoms with Crippen LogP contribution in [-0.2, 0) is 9.53 Å². The number of carbonyl (C=O) groups is 1. The molecule has 0 aliphatic rings. The maximum atomic E-state index is 11.2. The van der Waals surface area contributed by atoms with E-state index in [1.165, 1.54) is 0 Å². The average Bonchev–Trinajstić information content (AvgIpc) is 2.38. The number of esters is 1. The first kappa shape index (κ1) is 14.0. The molecule has 8 nitrogen and oxygen atoms in total. The van der Waals surface area contributed by atoms with Gasteiger partial charge in [-0.05, 0) is 17.7 Å². The van der Waals surface area contributed by atoms with Crippen LogP contribution in [0.1, 0.15) is 5.56 Å². The molecule has 0 saturated heterocycles. The number of nitro benzene ring substituents is 1. The summed E-state index contributed by atoms with van der Waals surface area (Å²) in [6, 6.07) is 3.44. The van der Waals surface area contributed by atoms with Crippen LogP contribution in [0.5, 0.6) is 11.5 Å². The van der Waals surface area contributed by atoms with Gasteiger partial charge in [0.2, 0.25) is 5.75 Å². The summed E-state index contributed by atoms with van der Waals surface area (Å²) in [4.78, 5) is 20.9. The highest BCUT2D eigenvalue weighted by Gasteiger charge is 2.19. The zero-order valence-electron chi connectivity index (χ0n) is 9.65. The number of ether oxygens (including phenoxy) is 1. The predicted octanol–water partition coefficient (Wildman–Crippen LogP) is 1.09. The Balaban J connectivity index is 3.38. The van der Waals surface area contributed by atoms with Crippen molar-refractivity contribution >= 4 is 17.7 Å². The molecule has 98 valence electrons. The lowest BCUT2D eigenvalue weighted by Crippen LogP contribution is -2.02. The second kappa shape index (κ2) is 5.50. The van der Waals surface area contributed by atoms with Crippen molar-refractivity contribution in [3.63, 3.8) is 0 Å². The van der Waals surface area contributed by atoms with Crippen molar-refractivity contribution in [1.82, 2.24) is 0 Å². The van der Waals surface area contributed by atoms with E-state index in [0.717, 1.165) is 25.3 Å². The van der Waals surface area contributed by atoms with Gasteiger partial charge in [0.15, 0.2) is 5.75 Å². The molecule has 0 amide bonds. The van der Waals surface area contributed by atoms with Crippen molar-refractivity contribution in [2.75, 3.05) is 7.11 Å². The zero-order valence-corrected chi connectivity index (χ0v) is 9.65. The van der Waals surface area contributed by atoms with E-state index in [-0.39, 0.29) is 5.56 Å². The van der Waals surface area contributed by atoms with Gasteiger partial charge < -0.3 is 14.9 Å². The van der Waals surface area contributed by atoms with Crippen LogP contribution >= 0.6 is 0 Å². The standard InChI is InChI=1S/C11H8N2O6/c1-19-11(16)7(5-12)2-6-3-8(13(17)18)10(15)9(14)4-6/h2-4,14-15H,1H3/b7-2+. The Hall–Kier alpha value is -3.08. The number of phenolic OH excluding ortho intramolecular Hbond substituents is 2. The largest absolute Gasteiger partial charge is 0.504 e. The van der Waals surface area contributed by atoms with Crippen molar-refractivity contribution < 1.29 is 24.7 Å². The SMILES string of the molecule is COC(=O)/C(C#N)=C/c1cc(O)c(O)c([N+](=O)[O-])c1. The summed E-state index contributed by atoms with van der Waals surface area (Å²) in [6.07, 6.45) is 0.998. The van der Waals surface area contributed by atoms with Gasteiger partial charge in [0.1, 0.15) is 11.6 Å². The quantitative estimate of drug-likeness (QED) is 0.208. The number of benzene rings is 1. The van der Waals surface area contributed by atoms with E-state index in [1.807, 2.05) is 0 Å². The molecule has 1 aromatic carbocycles. The van der Waals surface area contributed by atoms with Crippen molar-refractivity contribution in [3.8, 4) is 17.6 Å². The van der Waals surface area contributed by atoms with E-state index in [1.54, 1.807) is 6.07 Å². The monoisotopic (exact) mass is 264 g/mol. The number of nitro groups is 1. The minimum absolute atomic E-state index is 0.00366. The van der Waals surface area contributed by atoms with Crippen LogP contribution in [0.3, 0.4) is 0 Å². The first-order valence-electron chi connectivity index (χ1n) is 4.81. The summed E-state index contributed by atoms with van der Waals surface area (Å²) in [7, 11) is 1.07. The third-order valence-electron chi connectivity index (χ3n) is 2.13. The third-order valence-corrected chi connectivity index (χ3v) is 2.13. The lowest BCUT2D eigenvalue weighted by Gasteiger charge is -2.02. The lowest BCUT2D eigenvalue weighted by molar-refractivity contribution is -0.386. The van der Waals surface area contributed by atoms with Crippen LogP contribution in [-0.4, -0.2) is 28.2 Å². The fourth-order valence-corrected chi connectivity index (χ4v) is 1.26. The van der Waals surface area contributed by atoms with Gasteiger partial charge in [0.25, 0.3) is 0 Å². The Kier molecular flexibility index (Phi) is 4.05. The Morgan fingerprint density at radius 2 is 2.16 bits per heavy atom. The van der Waals surface area contributed by atoms with Crippen molar-refractivity contribution in [1.29, 1.82) is 5.26 Å². The maximum absolute atomic E-state index is 11.2. The van der Waals surface area contributed by atoms with Gasteiger partial charge in [-0.3, -0.25) is 10.1 Å². The number of rotatable bonds is 3. The number of nitriles is 1. The molecule has 1 aromatic rings. The second-order valence-electron chi connectivity index (χ2n) is 3.33. The Labute approximate surface area is 106 Å². The average molecular weight is 264 g/mol. The highest BCUT2D eigenvalue weighted by molar-refractivity contribution is 5.98.